The Bertz CT molecular complexity index is 190. The van der Waals surface area contributed by atoms with Gasteiger partial charge in [0.05, 0.1) is 0 Å². The van der Waals surface area contributed by atoms with Gasteiger partial charge in [0, 0.05) is 0 Å². The van der Waals surface area contributed by atoms with E-state index in [1.165, 1.54) is 5.32 Å². The summed E-state index contributed by atoms with van der Waals surface area (Å²) < 4.78 is 4.42. The van der Waals surface area contributed by atoms with Gasteiger partial charge < -0.3 is 33.7 Å². The Morgan fingerprint density at radius 1 is 1.67 bits per heavy atom. The van der Waals surface area contributed by atoms with Crippen molar-refractivity contribution < 1.29 is 43.9 Å². The molecule has 0 bridgehead atoms. The molecule has 12 heavy (non-hydrogen) atoms. The Kier molecular flexibility index (Phi) is 7.75. The van der Waals surface area contributed by atoms with E-state index in [-0.39, 0.29) is 30.8 Å². The molecule has 1 unspecified atom stereocenters. The Morgan fingerprint density at radius 2 is 2.25 bits per heavy atom. The number of quaternary nitrogens is 1. The number of rotatable bonds is 0. The van der Waals surface area contributed by atoms with Crippen molar-refractivity contribution in [3.63, 3.8) is 0 Å². The van der Waals surface area contributed by atoms with Gasteiger partial charge in [-0.3, -0.25) is 5.32 Å². The fourth-order valence-electron chi connectivity index (χ4n) is 0.516. The number of amides is 2. The minimum atomic E-state index is -1.02. The highest BCUT2D eigenvalue weighted by molar-refractivity contribution is 9.06. The van der Waals surface area contributed by atoms with Gasteiger partial charge >= 0.3 is 12.1 Å². The summed E-state index contributed by atoms with van der Waals surface area (Å²) in [4.78, 5) is 13.8. The number of hydrogen-bond acceptors (Lipinski definition) is 3. The van der Waals surface area contributed by atoms with Crippen LogP contribution in [0.5, 0.6) is 0 Å². The number of hydrogen-bond donors (Lipinski definition) is 3. The highest BCUT2D eigenvalue weighted by Gasteiger charge is 2.22. The fraction of sp³-hybridized carbons (Fsp3) is 0.333. The van der Waals surface area contributed by atoms with E-state index in [1.807, 2.05) is 0 Å². The monoisotopic (exact) mass is 280 g/mol. The minimum Gasteiger partial charge on any atom is -1.00 e. The lowest BCUT2D eigenvalue weighted by Crippen LogP contribution is -3.00. The highest BCUT2D eigenvalue weighted by atomic mass is 79.9. The zero-order valence-corrected chi connectivity index (χ0v) is 8.60. The maximum atomic E-state index is 10.5. The Labute approximate surface area is 89.0 Å². The van der Waals surface area contributed by atoms with Crippen molar-refractivity contribution in [3.8, 4) is 0 Å². The molecule has 72 valence electrons. The predicted octanol–water partition coefficient (Wildman–Crippen LogP) is -7.76. The van der Waals surface area contributed by atoms with E-state index in [9.17, 15) is 4.79 Å². The van der Waals surface area contributed by atoms with Crippen molar-refractivity contribution in [2.24, 2.45) is 4.99 Å². The summed E-state index contributed by atoms with van der Waals surface area (Å²) >= 11 is 2.61. The molecule has 0 spiro atoms. The smallest absolute Gasteiger partial charge is 0.415 e. The van der Waals surface area contributed by atoms with Gasteiger partial charge in [-0.25, -0.2) is 10.1 Å². The summed E-state index contributed by atoms with van der Waals surface area (Å²) in [6.45, 7) is 0. The number of carbonyl (C=O) groups is 1. The van der Waals surface area contributed by atoms with Crippen molar-refractivity contribution in [2.75, 3.05) is 0 Å². The molecule has 0 aromatic rings. The zero-order valence-electron chi connectivity index (χ0n) is 5.50. The lowest BCUT2D eigenvalue weighted by atomic mass is 10.7. The summed E-state index contributed by atoms with van der Waals surface area (Å²) in [6, 6.07) is -0.569. The number of halogens is 3. The third-order valence-electron chi connectivity index (χ3n) is 0.863. The summed E-state index contributed by atoms with van der Waals surface area (Å²) in [5.41, 5.74) is 0. The van der Waals surface area contributed by atoms with Gasteiger partial charge in [-0.05, 0) is 0 Å². The van der Waals surface area contributed by atoms with E-state index in [1.54, 1.807) is 0 Å². The predicted molar refractivity (Wildman–Crippen MR) is 33.9 cm³/mol. The number of aliphatic hydroxyl groups excluding tert-OH is 1. The quantitative estimate of drug-likeness (QED) is 0.412. The molecule has 1 rings (SSSR count). The van der Waals surface area contributed by atoms with Crippen LogP contribution in [-0.2, 0) is 3.83 Å². The Balaban J connectivity index is 0. The molecular formula is C3H5BrCl2N3O3-. The zero-order chi connectivity index (χ0) is 7.56. The van der Waals surface area contributed by atoms with Crippen LogP contribution in [0, 0.1) is 0 Å². The number of aliphatic hydroxyl groups is 1. The van der Waals surface area contributed by atoms with Crippen LogP contribution in [-0.4, -0.2) is 23.5 Å². The highest BCUT2D eigenvalue weighted by Crippen LogP contribution is 1.87. The SMILES string of the molecule is O=C1N=C(OBr)[NH2+]C(O)N1.[Cl-].[Cl-]. The third kappa shape index (κ3) is 4.07. The molecule has 1 atom stereocenters. The standard InChI is InChI=1S/C3H4BrN3O3.2ClH/c4-10-3-6-1(8)5-2(9)7-3;;/h1,8H,(H2,5,6,7,9);2*1H/p-1. The van der Waals surface area contributed by atoms with Crippen LogP contribution in [0.15, 0.2) is 4.99 Å². The minimum absolute atomic E-state index is 0. The van der Waals surface area contributed by atoms with Gasteiger partial charge in [-0.1, -0.05) is 0 Å². The first-order valence-corrected chi connectivity index (χ1v) is 3.08. The van der Waals surface area contributed by atoms with E-state index < -0.39 is 12.4 Å². The summed E-state index contributed by atoms with van der Waals surface area (Å²) in [7, 11) is 0. The van der Waals surface area contributed by atoms with Gasteiger partial charge in [-0.15, -0.1) is 4.99 Å². The van der Waals surface area contributed by atoms with Crippen LogP contribution in [0.1, 0.15) is 0 Å². The van der Waals surface area contributed by atoms with Crippen LogP contribution in [0.25, 0.3) is 0 Å². The lowest BCUT2D eigenvalue weighted by molar-refractivity contribution is -0.641. The number of nitrogens with two attached hydrogens (primary N) is 1. The second kappa shape index (κ2) is 6.44. The van der Waals surface area contributed by atoms with Gasteiger partial charge in [0.1, 0.15) is 0 Å². The Morgan fingerprint density at radius 3 is 2.67 bits per heavy atom. The van der Waals surface area contributed by atoms with Crippen molar-refractivity contribution in [1.29, 1.82) is 0 Å². The van der Waals surface area contributed by atoms with Crippen LogP contribution in [0.3, 0.4) is 0 Å². The molecule has 0 fully saturated rings. The third-order valence-corrected chi connectivity index (χ3v) is 1.19. The first-order valence-electron chi connectivity index (χ1n) is 2.43. The van der Waals surface area contributed by atoms with Gasteiger partial charge in [0.15, 0.2) is 16.3 Å². The molecule has 1 aliphatic rings. The second-order valence-electron chi connectivity index (χ2n) is 1.59. The van der Waals surface area contributed by atoms with Crippen molar-refractivity contribution >= 4 is 28.3 Å². The molecule has 0 aliphatic carbocycles. The van der Waals surface area contributed by atoms with Crippen LogP contribution >= 0.6 is 16.3 Å². The maximum absolute atomic E-state index is 10.5. The van der Waals surface area contributed by atoms with Crippen LogP contribution < -0.4 is 35.4 Å². The van der Waals surface area contributed by atoms with E-state index >= 15 is 0 Å². The molecule has 0 aromatic heterocycles. The second-order valence-corrected chi connectivity index (χ2v) is 1.91. The molecule has 0 saturated carbocycles. The van der Waals surface area contributed by atoms with Crippen molar-refractivity contribution in [2.45, 2.75) is 6.35 Å². The number of amidine groups is 1. The van der Waals surface area contributed by atoms with E-state index in [0.717, 1.165) is 0 Å². The molecule has 9 heteroatoms. The van der Waals surface area contributed by atoms with Gasteiger partial charge in [0.25, 0.3) is 6.35 Å². The molecule has 6 nitrogen and oxygen atoms in total. The summed E-state index contributed by atoms with van der Waals surface area (Å²) in [6.07, 6.45) is -1.02. The van der Waals surface area contributed by atoms with Crippen molar-refractivity contribution in [1.82, 2.24) is 5.32 Å². The lowest BCUT2D eigenvalue weighted by Gasteiger charge is -2.12. The topological polar surface area (TPSA) is 87.5 Å². The Hall–Kier alpha value is -0.0800. The maximum Gasteiger partial charge on any atom is 0.415 e. The first-order chi connectivity index (χ1) is 4.72. The first kappa shape index (κ1) is 14.4. The fourth-order valence-corrected chi connectivity index (χ4v) is 0.696. The number of urea groups is 1. The number of carbonyl (C=O) groups excluding carboxylic acids is 1. The van der Waals surface area contributed by atoms with Gasteiger partial charge in [-0.2, -0.15) is 0 Å². The van der Waals surface area contributed by atoms with Crippen LogP contribution in [0.2, 0.25) is 0 Å². The number of nitrogens with one attached hydrogen (secondary N) is 1. The summed E-state index contributed by atoms with van der Waals surface area (Å²) in [5.74, 6) is 0. The van der Waals surface area contributed by atoms with Crippen molar-refractivity contribution in [3.05, 3.63) is 0 Å². The van der Waals surface area contributed by atoms with E-state index in [0.29, 0.717) is 0 Å². The average molecular weight is 282 g/mol. The molecule has 0 radical (unpaired) electrons. The molecular weight excluding hydrogens is 277 g/mol. The molecule has 2 amide bonds. The van der Waals surface area contributed by atoms with E-state index in [4.69, 9.17) is 5.11 Å². The normalized spacial score (nSPS) is 21.0. The van der Waals surface area contributed by atoms with E-state index in [2.05, 4.69) is 30.4 Å². The van der Waals surface area contributed by atoms with Gasteiger partial charge in [0.2, 0.25) is 0 Å². The largest absolute Gasteiger partial charge is 1.00 e. The molecule has 1 aliphatic heterocycles. The molecule has 0 aromatic carbocycles. The molecule has 0 saturated heterocycles. The molecule has 4 N–H and O–H groups in total. The number of aliphatic imine (C=N–C) groups is 1. The van der Waals surface area contributed by atoms with Crippen LogP contribution in [0.4, 0.5) is 4.79 Å². The molecule has 1 heterocycles. The number of nitrogens with zero attached hydrogens (tertiary/aromatic N) is 1. The summed E-state index contributed by atoms with van der Waals surface area (Å²) in [5, 5.41) is 12.2. The average Bonchev–Trinajstić information content (AvgIpc) is 1.85.